The number of halogens is 7. The first kappa shape index (κ1) is 78.2. The van der Waals surface area contributed by atoms with Crippen LogP contribution in [0.15, 0.2) is 143 Å². The molecular weight excluding hydrogens is 1440 g/mol. The highest BCUT2D eigenvalue weighted by molar-refractivity contribution is 6.41. The van der Waals surface area contributed by atoms with Crippen LogP contribution < -0.4 is 41.9 Å². The molecule has 0 aliphatic carbocycles. The number of amides is 4. The van der Waals surface area contributed by atoms with Gasteiger partial charge in [0, 0.05) is 48.7 Å². The topological polar surface area (TPSA) is 210 Å². The first-order chi connectivity index (χ1) is 48.1. The number of aromatic amines is 2. The molecule has 0 saturated heterocycles. The van der Waals surface area contributed by atoms with Gasteiger partial charge in [0.2, 0.25) is 0 Å². The molecule has 9 rings (SSSR count). The Labute approximate surface area is 630 Å². The minimum Gasteiger partial charge on any atom is -0.480 e. The normalized spacial score (nSPS) is 12.9. The lowest BCUT2D eigenvalue weighted by Gasteiger charge is -2.31. The van der Waals surface area contributed by atoms with Crippen LogP contribution in [0.3, 0.4) is 0 Å². The molecular formula is C79H85Cl7N8O8. The van der Waals surface area contributed by atoms with Crippen molar-refractivity contribution in [2.45, 2.75) is 175 Å². The predicted molar refractivity (Wildman–Crippen MR) is 417 cm³/mol. The van der Waals surface area contributed by atoms with E-state index in [1.54, 1.807) is 42.5 Å². The molecule has 102 heavy (non-hydrogen) atoms. The van der Waals surface area contributed by atoms with E-state index in [2.05, 4.69) is 127 Å². The summed E-state index contributed by atoms with van der Waals surface area (Å²) in [5, 5.41) is 17.5. The third-order valence-corrected chi connectivity index (χ3v) is 21.6. The Morgan fingerprint density at radius 1 is 0.431 bits per heavy atom. The van der Waals surface area contributed by atoms with Crippen LogP contribution in [-0.4, -0.2) is 55.4 Å². The molecule has 16 nitrogen and oxygen atoms in total. The molecule has 2 unspecified atom stereocenters. The third kappa shape index (κ3) is 16.8. The smallest absolute Gasteiger partial charge is 0.277 e. The number of benzene rings is 7. The highest BCUT2D eigenvalue weighted by atomic mass is 35.5. The molecule has 2 atom stereocenters. The fourth-order valence-electron chi connectivity index (χ4n) is 11.8. The Hall–Kier alpha value is -7.93. The highest BCUT2D eigenvalue weighted by Crippen LogP contribution is 2.45. The first-order valence-corrected chi connectivity index (χ1v) is 36.6. The number of carbonyl (C=O) groups excluding carboxylic acids is 4. The van der Waals surface area contributed by atoms with Crippen molar-refractivity contribution in [2.24, 2.45) is 0 Å². The second-order valence-corrected chi connectivity index (χ2v) is 30.8. The summed E-state index contributed by atoms with van der Waals surface area (Å²) in [5.74, 6) is -3.65. The van der Waals surface area contributed by atoms with E-state index in [-0.39, 0.29) is 119 Å². The standard InChI is InChI=1S/C79H85Cl7N8O8/c1-15-59(101-61-33-31-45(76(7,8)17-3)37-52(61)78(11,12)19-5)72(97)87-49-27-23-25-43(35-49)70(95)89-68-64(74(99)93(91-68)66-55(83)39-47(80)40-56(66)84)63(51-29-21-22-30-54(51)82)65-69(92-94(75(65)100)67-57(85)41-48(81)42-58(67)86)90-71(96)44-26-24-28-50(36-44)88-73(98)60(16-2)102-62-34-32-46(77(9,10)18-4)38-53(62)79(13,14)20-6/h21-42,59-60,63,91-92H,15-20H2,1-14H3,(H,87,97)(H,88,98)(H,89,95)(H,90,96). The van der Waals surface area contributed by atoms with Crippen LogP contribution in [0.2, 0.25) is 35.2 Å². The lowest BCUT2D eigenvalue weighted by Crippen LogP contribution is -2.33. The fraction of sp³-hybridized carbons (Fsp3) is 0.342. The summed E-state index contributed by atoms with van der Waals surface area (Å²) in [5.41, 5.74) is 1.38. The Bertz CT molecular complexity index is 4480. The summed E-state index contributed by atoms with van der Waals surface area (Å²) in [4.78, 5) is 90.7. The molecule has 538 valence electrons. The zero-order chi connectivity index (χ0) is 74.7. The van der Waals surface area contributed by atoms with E-state index in [0.717, 1.165) is 57.3 Å². The molecule has 0 bridgehead atoms. The van der Waals surface area contributed by atoms with Gasteiger partial charge in [-0.1, -0.05) is 233 Å². The van der Waals surface area contributed by atoms with Crippen molar-refractivity contribution >= 4 is 128 Å². The molecule has 7 aromatic carbocycles. The zero-order valence-electron chi connectivity index (χ0n) is 59.5. The molecule has 0 aliphatic rings. The second-order valence-electron chi connectivity index (χ2n) is 27.9. The summed E-state index contributed by atoms with van der Waals surface area (Å²) >= 11 is 47.6. The molecule has 2 heterocycles. The van der Waals surface area contributed by atoms with Gasteiger partial charge in [0.05, 0.1) is 37.1 Å². The van der Waals surface area contributed by atoms with Crippen LogP contribution in [0, 0.1) is 0 Å². The van der Waals surface area contributed by atoms with Gasteiger partial charge in [0.25, 0.3) is 34.7 Å². The molecule has 0 radical (unpaired) electrons. The average Bonchev–Trinajstić information content (AvgIpc) is 1.57. The average molecular weight is 1520 g/mol. The zero-order valence-corrected chi connectivity index (χ0v) is 64.8. The van der Waals surface area contributed by atoms with Crippen molar-refractivity contribution in [2.75, 3.05) is 21.3 Å². The van der Waals surface area contributed by atoms with Crippen LogP contribution in [0.1, 0.15) is 201 Å². The Kier molecular flexibility index (Phi) is 24.5. The van der Waals surface area contributed by atoms with E-state index >= 15 is 19.2 Å². The summed E-state index contributed by atoms with van der Waals surface area (Å²) < 4.78 is 15.1. The van der Waals surface area contributed by atoms with E-state index in [0.29, 0.717) is 24.3 Å². The van der Waals surface area contributed by atoms with E-state index in [4.69, 9.17) is 90.7 Å². The minimum atomic E-state index is -1.65. The molecule has 4 amide bonds. The van der Waals surface area contributed by atoms with Gasteiger partial charge >= 0.3 is 0 Å². The van der Waals surface area contributed by atoms with Gasteiger partial charge in [-0.15, -0.1) is 0 Å². The van der Waals surface area contributed by atoms with Gasteiger partial charge in [-0.3, -0.25) is 39.0 Å². The van der Waals surface area contributed by atoms with E-state index < -0.39 is 52.9 Å². The number of nitrogens with one attached hydrogen (secondary N) is 6. The lowest BCUT2D eigenvalue weighted by molar-refractivity contribution is -0.123. The number of rotatable bonds is 27. The van der Waals surface area contributed by atoms with Crippen molar-refractivity contribution in [1.82, 2.24) is 19.6 Å². The molecule has 0 fully saturated rings. The summed E-state index contributed by atoms with van der Waals surface area (Å²) in [6.07, 6.45) is 2.17. The molecule has 9 aromatic rings. The maximum atomic E-state index is 15.9. The third-order valence-electron chi connectivity index (χ3n) is 19.7. The van der Waals surface area contributed by atoms with Gasteiger partial charge in [0.15, 0.2) is 12.2 Å². The quantitative estimate of drug-likeness (QED) is 0.0291. The number of carbonyl (C=O) groups is 4. The van der Waals surface area contributed by atoms with Gasteiger partial charge in [0.1, 0.15) is 34.5 Å². The van der Waals surface area contributed by atoms with Crippen molar-refractivity contribution in [3.05, 3.63) is 239 Å². The van der Waals surface area contributed by atoms with Crippen molar-refractivity contribution in [3.8, 4) is 22.9 Å². The van der Waals surface area contributed by atoms with E-state index in [1.807, 2.05) is 38.1 Å². The maximum absolute atomic E-state index is 15.9. The number of ether oxygens (including phenoxy) is 2. The summed E-state index contributed by atoms with van der Waals surface area (Å²) in [7, 11) is 0. The van der Waals surface area contributed by atoms with Crippen LogP contribution in [0.25, 0.3) is 11.4 Å². The largest absolute Gasteiger partial charge is 0.480 e. The lowest BCUT2D eigenvalue weighted by atomic mass is 9.76. The minimum absolute atomic E-state index is 0.00543. The van der Waals surface area contributed by atoms with Gasteiger partial charge in [-0.2, -0.15) is 0 Å². The Morgan fingerprint density at radius 2 is 0.794 bits per heavy atom. The second kappa shape index (κ2) is 32.0. The van der Waals surface area contributed by atoms with Crippen LogP contribution in [0.5, 0.6) is 11.5 Å². The Balaban J connectivity index is 1.12. The van der Waals surface area contributed by atoms with Gasteiger partial charge in [-0.25, -0.2) is 9.36 Å². The molecule has 23 heteroatoms. The molecule has 0 spiro atoms. The van der Waals surface area contributed by atoms with Crippen LogP contribution in [-0.2, 0) is 31.2 Å². The Morgan fingerprint density at radius 3 is 1.14 bits per heavy atom. The van der Waals surface area contributed by atoms with Crippen molar-refractivity contribution in [3.63, 3.8) is 0 Å². The number of nitrogens with zero attached hydrogens (tertiary/aromatic N) is 2. The summed E-state index contributed by atoms with van der Waals surface area (Å²) in [6.45, 7) is 29.6. The maximum Gasteiger partial charge on any atom is 0.277 e. The van der Waals surface area contributed by atoms with Crippen molar-refractivity contribution in [1.29, 1.82) is 0 Å². The molecule has 2 aromatic heterocycles. The summed E-state index contributed by atoms with van der Waals surface area (Å²) in [6, 6.07) is 36.3. The van der Waals surface area contributed by atoms with Crippen LogP contribution >= 0.6 is 81.2 Å². The first-order valence-electron chi connectivity index (χ1n) is 33.9. The molecule has 0 aliphatic heterocycles. The SMILES string of the molecule is CCC(Oc1ccc(C(C)(C)CC)cc1C(C)(C)CC)C(=O)Nc1cccc(C(=O)Nc2[nH]n(-c3c(Cl)cc(Cl)cc3Cl)c(=O)c2C(c2ccccc2Cl)c2c(NC(=O)c3cccc(NC(=O)C(CC)Oc4ccc(C(C)(C)CC)cc4C(C)(C)CC)c3)[nH]n(-c3c(Cl)cc(Cl)cc3Cl)c2=O)c1. The molecule has 6 N–H and O–H groups in total. The number of hydrogen-bond acceptors (Lipinski definition) is 8. The van der Waals surface area contributed by atoms with E-state index in [9.17, 15) is 9.59 Å². The number of anilines is 4. The van der Waals surface area contributed by atoms with Crippen molar-refractivity contribution < 1.29 is 28.7 Å². The highest BCUT2D eigenvalue weighted by Gasteiger charge is 2.38. The number of hydrogen-bond donors (Lipinski definition) is 6. The van der Waals surface area contributed by atoms with Gasteiger partial charge in [-0.05, 0) is 156 Å². The number of H-pyrrole nitrogens is 2. The van der Waals surface area contributed by atoms with E-state index in [1.165, 1.54) is 54.6 Å². The number of aromatic nitrogens is 4. The van der Waals surface area contributed by atoms with Gasteiger partial charge < -0.3 is 30.7 Å². The fourth-order valence-corrected chi connectivity index (χ4v) is 14.0. The predicted octanol–water partition coefficient (Wildman–Crippen LogP) is 21.2. The van der Waals surface area contributed by atoms with Crippen LogP contribution in [0.4, 0.5) is 23.0 Å². The monoisotopic (exact) mass is 1520 g/mol. The molecule has 0 saturated carbocycles.